The molecule has 2 rings (SSSR count). The first-order valence-corrected chi connectivity index (χ1v) is 15.6. The van der Waals surface area contributed by atoms with E-state index in [1.54, 1.807) is 0 Å². The van der Waals surface area contributed by atoms with Gasteiger partial charge in [-0.25, -0.2) is 0 Å². The van der Waals surface area contributed by atoms with Crippen LogP contribution in [0.1, 0.15) is 155 Å². The van der Waals surface area contributed by atoms with Crippen molar-refractivity contribution in [2.24, 2.45) is 0 Å². The van der Waals surface area contributed by atoms with Gasteiger partial charge in [0.1, 0.15) is 0 Å². The van der Waals surface area contributed by atoms with Gasteiger partial charge in [0.25, 0.3) is 0 Å². The first-order chi connectivity index (χ1) is 15.2. The van der Waals surface area contributed by atoms with Crippen LogP contribution in [0.15, 0.2) is 0 Å². The summed E-state index contributed by atoms with van der Waals surface area (Å²) in [7, 11) is 2.50. The van der Waals surface area contributed by atoms with Crippen molar-refractivity contribution in [3.63, 3.8) is 0 Å². The Balaban J connectivity index is 1.97. The molecule has 2 heteroatoms. The molecule has 4 atom stereocenters. The van der Waals surface area contributed by atoms with Crippen molar-refractivity contribution in [3.8, 4) is 0 Å². The van der Waals surface area contributed by atoms with Crippen LogP contribution in [0.3, 0.4) is 0 Å². The highest BCUT2D eigenvalue weighted by atomic mass is 32.2. The van der Waals surface area contributed by atoms with E-state index in [-0.39, 0.29) is 0 Å². The standard InChI is InChI=1S/C29H57NS/c1-4-6-7-8-15-18-22-28-24-26(20-5-2)30(3)27-21-17-14-12-10-9-11-13-16-19-23-29(25-27)31-28/h26-29H,4-25H2,1-3H3. The average Bonchev–Trinajstić information content (AvgIpc) is 2.76. The lowest BCUT2D eigenvalue weighted by Gasteiger charge is -2.42. The number of rotatable bonds is 9. The predicted molar refractivity (Wildman–Crippen MR) is 143 cm³/mol. The van der Waals surface area contributed by atoms with E-state index in [0.717, 1.165) is 22.6 Å². The lowest BCUT2D eigenvalue weighted by atomic mass is 9.93. The second kappa shape index (κ2) is 17.7. The van der Waals surface area contributed by atoms with Gasteiger partial charge in [-0.15, -0.1) is 0 Å². The fraction of sp³-hybridized carbons (Fsp3) is 1.00. The molecule has 4 unspecified atom stereocenters. The molecule has 1 aliphatic heterocycles. The van der Waals surface area contributed by atoms with E-state index in [0.29, 0.717) is 0 Å². The third kappa shape index (κ3) is 11.8. The summed E-state index contributed by atoms with van der Waals surface area (Å²) in [6, 6.07) is 1.67. The molecule has 1 nitrogen and oxygen atoms in total. The van der Waals surface area contributed by atoms with Gasteiger partial charge < -0.3 is 4.90 Å². The molecule has 0 amide bonds. The maximum absolute atomic E-state index is 2.89. The van der Waals surface area contributed by atoms with Gasteiger partial charge in [0.05, 0.1) is 0 Å². The van der Waals surface area contributed by atoms with Crippen LogP contribution in [0.25, 0.3) is 0 Å². The van der Waals surface area contributed by atoms with Crippen LogP contribution >= 0.6 is 11.8 Å². The van der Waals surface area contributed by atoms with Gasteiger partial charge in [-0.05, 0) is 45.6 Å². The molecule has 2 bridgehead atoms. The van der Waals surface area contributed by atoms with Crippen LogP contribution in [0, 0.1) is 0 Å². The van der Waals surface area contributed by atoms with Gasteiger partial charge in [0, 0.05) is 22.6 Å². The molecule has 184 valence electrons. The number of thioether (sulfide) groups is 1. The monoisotopic (exact) mass is 451 g/mol. The zero-order valence-electron chi connectivity index (χ0n) is 21.7. The maximum atomic E-state index is 2.89. The van der Waals surface area contributed by atoms with E-state index < -0.39 is 0 Å². The first kappa shape index (κ1) is 27.6. The summed E-state index contributed by atoms with van der Waals surface area (Å²) in [5.41, 5.74) is 0. The summed E-state index contributed by atoms with van der Waals surface area (Å²) >= 11 is 2.45. The molecule has 0 aromatic carbocycles. The molecule has 0 N–H and O–H groups in total. The first-order valence-electron chi connectivity index (χ1n) is 14.6. The Morgan fingerprint density at radius 3 is 1.94 bits per heavy atom. The summed E-state index contributed by atoms with van der Waals surface area (Å²) in [6.07, 6.45) is 32.1. The fourth-order valence-electron chi connectivity index (χ4n) is 6.11. The van der Waals surface area contributed by atoms with Gasteiger partial charge in [-0.2, -0.15) is 11.8 Å². The summed E-state index contributed by atoms with van der Waals surface area (Å²) < 4.78 is 0. The molecular formula is C29H57NS. The van der Waals surface area contributed by atoms with E-state index in [1.807, 2.05) is 0 Å². The Kier molecular flexibility index (Phi) is 15.8. The van der Waals surface area contributed by atoms with Crippen LogP contribution in [-0.4, -0.2) is 34.5 Å². The van der Waals surface area contributed by atoms with Crippen molar-refractivity contribution in [3.05, 3.63) is 0 Å². The van der Waals surface area contributed by atoms with Crippen LogP contribution in [0.2, 0.25) is 0 Å². The van der Waals surface area contributed by atoms with Crippen LogP contribution in [0.5, 0.6) is 0 Å². The van der Waals surface area contributed by atoms with Gasteiger partial charge in [-0.3, -0.25) is 0 Å². The molecule has 31 heavy (non-hydrogen) atoms. The maximum Gasteiger partial charge on any atom is 0.0106 e. The lowest BCUT2D eigenvalue weighted by molar-refractivity contribution is 0.131. The summed E-state index contributed by atoms with van der Waals surface area (Å²) in [5, 5.41) is 1.83. The predicted octanol–water partition coefficient (Wildman–Crippen LogP) is 9.77. The fourth-order valence-corrected chi connectivity index (χ4v) is 7.93. The van der Waals surface area contributed by atoms with E-state index in [9.17, 15) is 0 Å². The summed E-state index contributed by atoms with van der Waals surface area (Å²) in [6.45, 7) is 4.73. The van der Waals surface area contributed by atoms with Crippen molar-refractivity contribution >= 4 is 11.8 Å². The SMILES string of the molecule is CCCCCCCCC1CC(CCC)N(C)C2CCCCCCCCCCCC(C2)S1. The highest BCUT2D eigenvalue weighted by Gasteiger charge is 2.31. The van der Waals surface area contributed by atoms with Gasteiger partial charge in [-0.1, -0.05) is 117 Å². The zero-order valence-corrected chi connectivity index (χ0v) is 22.5. The number of fused-ring (bicyclic) bond motifs is 2. The number of unbranched alkanes of at least 4 members (excludes halogenated alkanes) is 5. The van der Waals surface area contributed by atoms with Crippen LogP contribution in [-0.2, 0) is 0 Å². The van der Waals surface area contributed by atoms with Gasteiger partial charge in [0.2, 0.25) is 0 Å². The molecule has 2 aliphatic rings. The Morgan fingerprint density at radius 2 is 1.26 bits per heavy atom. The number of nitrogens with zero attached hydrogens (tertiary/aromatic N) is 1. The van der Waals surface area contributed by atoms with Crippen molar-refractivity contribution in [2.45, 2.75) is 178 Å². The summed E-state index contributed by atoms with van der Waals surface area (Å²) in [4.78, 5) is 2.89. The number of hydrogen-bond donors (Lipinski definition) is 0. The minimum absolute atomic E-state index is 0.826. The van der Waals surface area contributed by atoms with E-state index >= 15 is 0 Å². The van der Waals surface area contributed by atoms with E-state index in [2.05, 4.69) is 37.6 Å². The molecule has 1 heterocycles. The largest absolute Gasteiger partial charge is 0.300 e. The quantitative estimate of drug-likeness (QED) is 0.321. The van der Waals surface area contributed by atoms with Crippen molar-refractivity contribution < 1.29 is 0 Å². The van der Waals surface area contributed by atoms with Crippen LogP contribution < -0.4 is 0 Å². The Morgan fingerprint density at radius 1 is 0.645 bits per heavy atom. The summed E-state index contributed by atoms with van der Waals surface area (Å²) in [5.74, 6) is 0. The van der Waals surface area contributed by atoms with Crippen molar-refractivity contribution in [1.29, 1.82) is 0 Å². The second-order valence-electron chi connectivity index (χ2n) is 10.9. The molecule has 1 aliphatic carbocycles. The topological polar surface area (TPSA) is 3.24 Å². The third-order valence-electron chi connectivity index (χ3n) is 8.17. The average molecular weight is 452 g/mol. The Hall–Kier alpha value is 0.310. The van der Waals surface area contributed by atoms with Crippen molar-refractivity contribution in [2.75, 3.05) is 7.05 Å². The zero-order chi connectivity index (χ0) is 22.2. The third-order valence-corrected chi connectivity index (χ3v) is 9.80. The smallest absolute Gasteiger partial charge is 0.0106 e. The van der Waals surface area contributed by atoms with E-state index in [4.69, 9.17) is 0 Å². The molecule has 0 spiro atoms. The van der Waals surface area contributed by atoms with Gasteiger partial charge >= 0.3 is 0 Å². The van der Waals surface area contributed by atoms with E-state index in [1.165, 1.54) is 141 Å². The molecular weight excluding hydrogens is 394 g/mol. The minimum Gasteiger partial charge on any atom is -0.300 e. The second-order valence-corrected chi connectivity index (χ2v) is 12.5. The Labute approximate surface area is 201 Å². The molecule has 1 saturated carbocycles. The minimum atomic E-state index is 0.826. The molecule has 0 aromatic heterocycles. The highest BCUT2D eigenvalue weighted by molar-refractivity contribution is 8.00. The molecule has 2 fully saturated rings. The van der Waals surface area contributed by atoms with Crippen molar-refractivity contribution in [1.82, 2.24) is 4.90 Å². The highest BCUT2D eigenvalue weighted by Crippen LogP contribution is 2.38. The molecule has 1 saturated heterocycles. The van der Waals surface area contributed by atoms with Gasteiger partial charge in [0.15, 0.2) is 0 Å². The Bertz CT molecular complexity index is 412. The normalized spacial score (nSPS) is 30.3. The lowest BCUT2D eigenvalue weighted by Crippen LogP contribution is -2.45. The van der Waals surface area contributed by atoms with Crippen LogP contribution in [0.4, 0.5) is 0 Å². The molecule has 0 radical (unpaired) electrons. The number of hydrogen-bond acceptors (Lipinski definition) is 2. The molecule has 0 aromatic rings.